The molecule has 0 saturated carbocycles. The van der Waals surface area contributed by atoms with E-state index in [0.717, 1.165) is 23.7 Å². The molecule has 1 heterocycles. The van der Waals surface area contributed by atoms with Gasteiger partial charge in [0.15, 0.2) is 5.96 Å². The molecule has 0 radical (unpaired) electrons. The Morgan fingerprint density at radius 2 is 1.82 bits per heavy atom. The van der Waals surface area contributed by atoms with Crippen molar-refractivity contribution in [3.05, 3.63) is 48.2 Å². The molecule has 2 rings (SSSR count). The zero-order chi connectivity index (χ0) is 19.5. The smallest absolute Gasteiger partial charge is 0.213 e. The van der Waals surface area contributed by atoms with Crippen molar-refractivity contribution < 1.29 is 14.2 Å². The summed E-state index contributed by atoms with van der Waals surface area (Å²) in [6.07, 6.45) is -0.0455. The first kappa shape index (κ1) is 23.8. The van der Waals surface area contributed by atoms with Gasteiger partial charge in [-0.3, -0.25) is 0 Å². The fourth-order valence-electron chi connectivity index (χ4n) is 2.35. The van der Waals surface area contributed by atoms with E-state index in [-0.39, 0.29) is 30.1 Å². The van der Waals surface area contributed by atoms with Gasteiger partial charge in [0.1, 0.15) is 17.6 Å². The van der Waals surface area contributed by atoms with Gasteiger partial charge in [-0.2, -0.15) is 0 Å². The minimum Gasteiger partial charge on any atom is -0.497 e. The second kappa shape index (κ2) is 13.0. The Kier molecular flexibility index (Phi) is 11.1. The topological polar surface area (TPSA) is 77.0 Å². The minimum absolute atomic E-state index is 0. The van der Waals surface area contributed by atoms with E-state index in [2.05, 4.69) is 20.6 Å². The highest BCUT2D eigenvalue weighted by Crippen LogP contribution is 2.19. The van der Waals surface area contributed by atoms with Crippen LogP contribution in [0.4, 0.5) is 0 Å². The average molecular weight is 500 g/mol. The van der Waals surface area contributed by atoms with Crippen LogP contribution >= 0.6 is 24.0 Å². The SMILES string of the molecule is CCNC(=NCc1cccc(OC)n1)NCC(C)Oc1cccc(OC)c1.I. The molecular weight excluding hydrogens is 471 g/mol. The first-order valence-electron chi connectivity index (χ1n) is 8.97. The van der Waals surface area contributed by atoms with Gasteiger partial charge in [0, 0.05) is 18.7 Å². The van der Waals surface area contributed by atoms with Crippen LogP contribution in [0, 0.1) is 0 Å². The van der Waals surface area contributed by atoms with Crippen LogP contribution in [0.1, 0.15) is 19.5 Å². The van der Waals surface area contributed by atoms with Gasteiger partial charge in [-0.1, -0.05) is 12.1 Å². The van der Waals surface area contributed by atoms with Crippen LogP contribution in [-0.4, -0.2) is 44.4 Å². The van der Waals surface area contributed by atoms with Gasteiger partial charge in [-0.05, 0) is 32.0 Å². The Morgan fingerprint density at radius 3 is 2.54 bits per heavy atom. The predicted molar refractivity (Wildman–Crippen MR) is 122 cm³/mol. The van der Waals surface area contributed by atoms with E-state index in [4.69, 9.17) is 14.2 Å². The normalized spacial score (nSPS) is 11.8. The summed E-state index contributed by atoms with van der Waals surface area (Å²) in [5, 5.41) is 6.51. The summed E-state index contributed by atoms with van der Waals surface area (Å²) < 4.78 is 16.3. The van der Waals surface area contributed by atoms with Gasteiger partial charge in [0.25, 0.3) is 0 Å². The first-order valence-corrected chi connectivity index (χ1v) is 8.97. The molecule has 0 aliphatic carbocycles. The molecular formula is C20H29IN4O3. The lowest BCUT2D eigenvalue weighted by atomic mass is 10.3. The number of ether oxygens (including phenoxy) is 3. The third-order valence-corrected chi connectivity index (χ3v) is 3.67. The van der Waals surface area contributed by atoms with E-state index in [9.17, 15) is 0 Å². The molecule has 0 fully saturated rings. The number of nitrogens with one attached hydrogen (secondary N) is 2. The molecule has 1 unspecified atom stereocenters. The molecule has 1 aromatic heterocycles. The molecule has 0 aliphatic rings. The molecule has 0 aliphatic heterocycles. The van der Waals surface area contributed by atoms with Gasteiger partial charge in [0.05, 0.1) is 33.0 Å². The van der Waals surface area contributed by atoms with Gasteiger partial charge in [-0.25, -0.2) is 9.98 Å². The van der Waals surface area contributed by atoms with E-state index in [0.29, 0.717) is 24.9 Å². The van der Waals surface area contributed by atoms with Crippen LogP contribution in [-0.2, 0) is 6.54 Å². The summed E-state index contributed by atoms with van der Waals surface area (Å²) in [6.45, 7) is 5.85. The average Bonchev–Trinajstić information content (AvgIpc) is 2.70. The summed E-state index contributed by atoms with van der Waals surface area (Å²) in [4.78, 5) is 8.94. The van der Waals surface area contributed by atoms with E-state index in [1.165, 1.54) is 0 Å². The standard InChI is InChI=1S/C20H28N4O3.HI/c1-5-21-20(23-14-16-8-6-11-19(24-16)26-4)22-13-15(2)27-18-10-7-9-17(12-18)25-3;/h6-12,15H,5,13-14H2,1-4H3,(H2,21,22,23);1H. The van der Waals surface area contributed by atoms with Crippen molar-refractivity contribution in [3.63, 3.8) is 0 Å². The number of benzene rings is 1. The van der Waals surface area contributed by atoms with Crippen LogP contribution in [0.2, 0.25) is 0 Å². The molecule has 0 amide bonds. The Balaban J connectivity index is 0.00000392. The van der Waals surface area contributed by atoms with Gasteiger partial charge < -0.3 is 24.8 Å². The van der Waals surface area contributed by atoms with Crippen molar-refractivity contribution in [2.24, 2.45) is 4.99 Å². The molecule has 0 spiro atoms. The van der Waals surface area contributed by atoms with E-state index >= 15 is 0 Å². The van der Waals surface area contributed by atoms with E-state index < -0.39 is 0 Å². The fraction of sp³-hybridized carbons (Fsp3) is 0.400. The van der Waals surface area contributed by atoms with Crippen molar-refractivity contribution in [2.75, 3.05) is 27.3 Å². The zero-order valence-electron chi connectivity index (χ0n) is 16.8. The van der Waals surface area contributed by atoms with Crippen molar-refractivity contribution >= 4 is 29.9 Å². The van der Waals surface area contributed by atoms with E-state index in [1.54, 1.807) is 14.2 Å². The molecule has 0 saturated heterocycles. The van der Waals surface area contributed by atoms with Crippen LogP contribution in [0.25, 0.3) is 0 Å². The van der Waals surface area contributed by atoms with Gasteiger partial charge in [-0.15, -0.1) is 24.0 Å². The van der Waals surface area contributed by atoms with Crippen LogP contribution in [0.5, 0.6) is 17.4 Å². The molecule has 154 valence electrons. The molecule has 1 atom stereocenters. The predicted octanol–water partition coefficient (Wildman–Crippen LogP) is 3.24. The maximum absolute atomic E-state index is 5.92. The zero-order valence-corrected chi connectivity index (χ0v) is 19.1. The Bertz CT molecular complexity index is 743. The summed E-state index contributed by atoms with van der Waals surface area (Å²) in [5.74, 6) is 2.84. The van der Waals surface area contributed by atoms with Crippen molar-refractivity contribution in [1.82, 2.24) is 15.6 Å². The summed E-state index contributed by atoms with van der Waals surface area (Å²) in [6, 6.07) is 13.2. The highest BCUT2D eigenvalue weighted by Gasteiger charge is 2.07. The lowest BCUT2D eigenvalue weighted by Gasteiger charge is -2.18. The fourth-order valence-corrected chi connectivity index (χ4v) is 2.35. The lowest BCUT2D eigenvalue weighted by molar-refractivity contribution is 0.223. The molecule has 28 heavy (non-hydrogen) atoms. The maximum atomic E-state index is 5.92. The second-order valence-corrected chi connectivity index (χ2v) is 5.85. The lowest BCUT2D eigenvalue weighted by Crippen LogP contribution is -2.41. The van der Waals surface area contributed by atoms with Crippen molar-refractivity contribution in [2.45, 2.75) is 26.5 Å². The highest BCUT2D eigenvalue weighted by molar-refractivity contribution is 14.0. The number of nitrogens with zero attached hydrogens (tertiary/aromatic N) is 2. The van der Waals surface area contributed by atoms with Crippen LogP contribution in [0.15, 0.2) is 47.5 Å². The number of rotatable bonds is 9. The summed E-state index contributed by atoms with van der Waals surface area (Å²) in [5.41, 5.74) is 0.840. The Morgan fingerprint density at radius 1 is 1.07 bits per heavy atom. The summed E-state index contributed by atoms with van der Waals surface area (Å²) in [7, 11) is 3.24. The Labute approximate surface area is 183 Å². The van der Waals surface area contributed by atoms with Crippen molar-refractivity contribution in [3.8, 4) is 17.4 Å². The summed E-state index contributed by atoms with van der Waals surface area (Å²) >= 11 is 0. The van der Waals surface area contributed by atoms with Gasteiger partial charge >= 0.3 is 0 Å². The number of pyridine rings is 1. The number of hydrogen-bond acceptors (Lipinski definition) is 5. The molecule has 0 bridgehead atoms. The molecule has 2 N–H and O–H groups in total. The number of aromatic nitrogens is 1. The number of guanidine groups is 1. The molecule has 8 heteroatoms. The number of methoxy groups -OCH3 is 2. The van der Waals surface area contributed by atoms with Gasteiger partial charge in [0.2, 0.25) is 5.88 Å². The van der Waals surface area contributed by atoms with Crippen LogP contribution in [0.3, 0.4) is 0 Å². The van der Waals surface area contributed by atoms with Crippen molar-refractivity contribution in [1.29, 1.82) is 0 Å². The second-order valence-electron chi connectivity index (χ2n) is 5.85. The maximum Gasteiger partial charge on any atom is 0.213 e. The molecule has 1 aromatic carbocycles. The number of halogens is 1. The molecule has 7 nitrogen and oxygen atoms in total. The molecule has 2 aromatic rings. The van der Waals surface area contributed by atoms with Crippen LogP contribution < -0.4 is 24.8 Å². The third kappa shape index (κ3) is 8.20. The third-order valence-electron chi connectivity index (χ3n) is 3.67. The quantitative estimate of drug-likeness (QED) is 0.313. The number of hydrogen-bond donors (Lipinski definition) is 2. The first-order chi connectivity index (χ1) is 13.1. The highest BCUT2D eigenvalue weighted by atomic mass is 127. The Hall–Kier alpha value is -2.23. The minimum atomic E-state index is -0.0455. The monoisotopic (exact) mass is 500 g/mol. The largest absolute Gasteiger partial charge is 0.497 e. The van der Waals surface area contributed by atoms with E-state index in [1.807, 2.05) is 56.3 Å². The number of aliphatic imine (C=N–C) groups is 1.